The Hall–Kier alpha value is -1.49. The first kappa shape index (κ1) is 11.0. The van der Waals surface area contributed by atoms with E-state index in [2.05, 4.69) is 5.10 Å². The second-order valence-electron chi connectivity index (χ2n) is 3.53. The van der Waals surface area contributed by atoms with Crippen LogP contribution in [0.25, 0.3) is 0 Å². The maximum absolute atomic E-state index is 13.1. The highest BCUT2D eigenvalue weighted by atomic mass is 32.2. The van der Waals surface area contributed by atoms with Crippen molar-refractivity contribution in [1.29, 1.82) is 0 Å². The van der Waals surface area contributed by atoms with E-state index in [1.54, 1.807) is 28.7 Å². The summed E-state index contributed by atoms with van der Waals surface area (Å²) in [6.07, 6.45) is 3.71. The Morgan fingerprint density at radius 3 is 2.88 bits per heavy atom. The van der Waals surface area contributed by atoms with Crippen molar-refractivity contribution < 1.29 is 4.39 Å². The second-order valence-corrected chi connectivity index (χ2v) is 4.58. The van der Waals surface area contributed by atoms with Crippen LogP contribution < -0.4 is 5.73 Å². The van der Waals surface area contributed by atoms with E-state index in [4.69, 9.17) is 5.73 Å². The number of nitrogens with zero attached hydrogens (tertiary/aromatic N) is 2. The molecule has 0 amide bonds. The monoisotopic (exact) mass is 237 g/mol. The Balaban J connectivity index is 2.04. The summed E-state index contributed by atoms with van der Waals surface area (Å²) in [6.45, 7) is 0. The summed E-state index contributed by atoms with van der Waals surface area (Å²) in [7, 11) is 1.87. The van der Waals surface area contributed by atoms with Gasteiger partial charge >= 0.3 is 0 Å². The minimum Gasteiger partial charge on any atom is -0.399 e. The third-order valence-electron chi connectivity index (χ3n) is 2.07. The number of benzene rings is 1. The van der Waals surface area contributed by atoms with Crippen molar-refractivity contribution in [3.63, 3.8) is 0 Å². The highest BCUT2D eigenvalue weighted by Crippen LogP contribution is 2.23. The fraction of sp³-hybridized carbons (Fsp3) is 0.182. The lowest BCUT2D eigenvalue weighted by atomic mass is 10.2. The predicted molar refractivity (Wildman–Crippen MR) is 63.6 cm³/mol. The molecule has 2 N–H and O–H groups in total. The van der Waals surface area contributed by atoms with Crippen LogP contribution >= 0.6 is 11.8 Å². The number of halogens is 1. The Labute approximate surface area is 97.5 Å². The molecule has 0 aliphatic carbocycles. The Kier molecular flexibility index (Phi) is 3.14. The highest BCUT2D eigenvalue weighted by Gasteiger charge is 2.01. The molecule has 1 heterocycles. The molecular weight excluding hydrogens is 225 g/mol. The van der Waals surface area contributed by atoms with Gasteiger partial charge in [0.25, 0.3) is 0 Å². The molecule has 0 atom stereocenters. The standard InChI is InChI=1S/C11H12FN3S/c1-15-6-11(5-14-15)16-7-8-2-9(12)4-10(13)3-8/h2-6H,7,13H2,1H3. The molecular formula is C11H12FN3S. The van der Waals surface area contributed by atoms with E-state index in [-0.39, 0.29) is 5.82 Å². The summed E-state index contributed by atoms with van der Waals surface area (Å²) in [4.78, 5) is 1.06. The largest absolute Gasteiger partial charge is 0.399 e. The van der Waals surface area contributed by atoms with Gasteiger partial charge in [-0.2, -0.15) is 5.10 Å². The van der Waals surface area contributed by atoms with Crippen molar-refractivity contribution in [2.75, 3.05) is 5.73 Å². The number of hydrogen-bond donors (Lipinski definition) is 1. The molecule has 0 saturated carbocycles. The minimum atomic E-state index is -0.290. The van der Waals surface area contributed by atoms with Crippen LogP contribution in [0.4, 0.5) is 10.1 Å². The van der Waals surface area contributed by atoms with Gasteiger partial charge in [0.05, 0.1) is 6.20 Å². The molecule has 0 fully saturated rings. The summed E-state index contributed by atoms with van der Waals surface area (Å²) in [6, 6.07) is 4.60. The van der Waals surface area contributed by atoms with Crippen LogP contribution in [-0.2, 0) is 12.8 Å². The fourth-order valence-electron chi connectivity index (χ4n) is 1.40. The molecule has 3 nitrogen and oxygen atoms in total. The van der Waals surface area contributed by atoms with Gasteiger partial charge in [-0.3, -0.25) is 4.68 Å². The lowest BCUT2D eigenvalue weighted by Crippen LogP contribution is -1.90. The topological polar surface area (TPSA) is 43.8 Å². The average molecular weight is 237 g/mol. The zero-order chi connectivity index (χ0) is 11.5. The number of nitrogen functional groups attached to an aromatic ring is 1. The van der Waals surface area contributed by atoms with E-state index in [0.29, 0.717) is 11.4 Å². The van der Waals surface area contributed by atoms with Crippen LogP contribution in [0.2, 0.25) is 0 Å². The van der Waals surface area contributed by atoms with E-state index in [1.807, 2.05) is 13.2 Å². The molecule has 0 radical (unpaired) electrons. The molecule has 0 aliphatic rings. The Morgan fingerprint density at radius 2 is 2.25 bits per heavy atom. The number of hydrogen-bond acceptors (Lipinski definition) is 3. The van der Waals surface area contributed by atoms with Crippen LogP contribution in [0, 0.1) is 5.82 Å². The van der Waals surface area contributed by atoms with Gasteiger partial charge in [-0.05, 0) is 23.8 Å². The molecule has 1 aromatic carbocycles. The predicted octanol–water partition coefficient (Wildman–Crippen LogP) is 2.43. The molecule has 0 saturated heterocycles. The van der Waals surface area contributed by atoms with E-state index in [0.717, 1.165) is 10.5 Å². The first-order chi connectivity index (χ1) is 7.63. The maximum atomic E-state index is 13.1. The number of aryl methyl sites for hydroxylation is 1. The maximum Gasteiger partial charge on any atom is 0.125 e. The number of nitrogens with two attached hydrogens (primary N) is 1. The average Bonchev–Trinajstić information content (AvgIpc) is 2.60. The number of anilines is 1. The molecule has 84 valence electrons. The van der Waals surface area contributed by atoms with Gasteiger partial charge in [-0.15, -0.1) is 11.8 Å². The summed E-state index contributed by atoms with van der Waals surface area (Å²) < 4.78 is 14.8. The highest BCUT2D eigenvalue weighted by molar-refractivity contribution is 7.98. The van der Waals surface area contributed by atoms with Gasteiger partial charge in [0, 0.05) is 29.6 Å². The van der Waals surface area contributed by atoms with Crippen molar-refractivity contribution in [2.24, 2.45) is 7.05 Å². The first-order valence-corrected chi connectivity index (χ1v) is 5.78. The van der Waals surface area contributed by atoms with Gasteiger partial charge < -0.3 is 5.73 Å². The smallest absolute Gasteiger partial charge is 0.125 e. The fourth-order valence-corrected chi connectivity index (χ4v) is 2.25. The van der Waals surface area contributed by atoms with E-state index < -0.39 is 0 Å². The summed E-state index contributed by atoms with van der Waals surface area (Å²) in [5, 5.41) is 4.06. The van der Waals surface area contributed by atoms with Gasteiger partial charge in [-0.1, -0.05) is 0 Å². The summed E-state index contributed by atoms with van der Waals surface area (Å²) in [5.41, 5.74) is 6.91. The molecule has 2 rings (SSSR count). The zero-order valence-electron chi connectivity index (χ0n) is 8.85. The molecule has 0 unspecified atom stereocenters. The zero-order valence-corrected chi connectivity index (χ0v) is 9.67. The van der Waals surface area contributed by atoms with Crippen LogP contribution in [0.1, 0.15) is 5.56 Å². The lowest BCUT2D eigenvalue weighted by Gasteiger charge is -2.01. The normalized spacial score (nSPS) is 10.6. The summed E-state index contributed by atoms with van der Waals surface area (Å²) in [5.74, 6) is 0.398. The summed E-state index contributed by atoms with van der Waals surface area (Å²) >= 11 is 1.61. The van der Waals surface area contributed by atoms with Crippen LogP contribution in [0.3, 0.4) is 0 Å². The number of thioether (sulfide) groups is 1. The van der Waals surface area contributed by atoms with Crippen molar-refractivity contribution in [1.82, 2.24) is 9.78 Å². The van der Waals surface area contributed by atoms with Gasteiger partial charge in [0.2, 0.25) is 0 Å². The van der Waals surface area contributed by atoms with Crippen molar-refractivity contribution in [2.45, 2.75) is 10.6 Å². The van der Waals surface area contributed by atoms with Gasteiger partial charge in [0.1, 0.15) is 5.82 Å². The number of rotatable bonds is 3. The van der Waals surface area contributed by atoms with Crippen molar-refractivity contribution in [3.8, 4) is 0 Å². The molecule has 2 aromatic rings. The van der Waals surface area contributed by atoms with Crippen molar-refractivity contribution in [3.05, 3.63) is 42.0 Å². The van der Waals surface area contributed by atoms with Gasteiger partial charge in [-0.25, -0.2) is 4.39 Å². The molecule has 1 aromatic heterocycles. The van der Waals surface area contributed by atoms with Crippen LogP contribution in [0.5, 0.6) is 0 Å². The second kappa shape index (κ2) is 4.57. The Morgan fingerprint density at radius 1 is 1.44 bits per heavy atom. The minimum absolute atomic E-state index is 0.290. The van der Waals surface area contributed by atoms with E-state index in [1.165, 1.54) is 12.1 Å². The first-order valence-electron chi connectivity index (χ1n) is 4.80. The lowest BCUT2D eigenvalue weighted by molar-refractivity contribution is 0.627. The van der Waals surface area contributed by atoms with Gasteiger partial charge in [0.15, 0.2) is 0 Å². The molecule has 16 heavy (non-hydrogen) atoms. The van der Waals surface area contributed by atoms with Crippen molar-refractivity contribution >= 4 is 17.4 Å². The number of aromatic nitrogens is 2. The van der Waals surface area contributed by atoms with E-state index in [9.17, 15) is 4.39 Å². The van der Waals surface area contributed by atoms with E-state index >= 15 is 0 Å². The van der Waals surface area contributed by atoms with Crippen LogP contribution in [0.15, 0.2) is 35.5 Å². The molecule has 5 heteroatoms. The SMILES string of the molecule is Cn1cc(SCc2cc(N)cc(F)c2)cn1. The molecule has 0 spiro atoms. The third-order valence-corrected chi connectivity index (χ3v) is 3.09. The molecule has 0 aliphatic heterocycles. The molecule has 0 bridgehead atoms. The third kappa shape index (κ3) is 2.76. The Bertz CT molecular complexity index is 475. The van der Waals surface area contributed by atoms with Crippen LogP contribution in [-0.4, -0.2) is 9.78 Å². The quantitative estimate of drug-likeness (QED) is 0.658.